The van der Waals surface area contributed by atoms with Crippen molar-refractivity contribution >= 4 is 17.8 Å². The molecule has 76 valence electrons. The van der Waals surface area contributed by atoms with Gasteiger partial charge >= 0.3 is 6.03 Å². The molecule has 0 aromatic carbocycles. The molecular formula is C8H17N3OS. The number of thioether (sulfide) groups is 1. The zero-order valence-corrected chi connectivity index (χ0v) is 8.93. The molecule has 5 heteroatoms. The van der Waals surface area contributed by atoms with Gasteiger partial charge in [0.2, 0.25) is 0 Å². The van der Waals surface area contributed by atoms with Crippen molar-refractivity contribution in [3.05, 3.63) is 0 Å². The van der Waals surface area contributed by atoms with Gasteiger partial charge in [-0.1, -0.05) is 6.92 Å². The molecule has 0 bridgehead atoms. The number of hydrogen-bond acceptors (Lipinski definition) is 3. The van der Waals surface area contributed by atoms with E-state index in [1.165, 1.54) is 6.42 Å². The van der Waals surface area contributed by atoms with E-state index in [4.69, 9.17) is 5.84 Å². The van der Waals surface area contributed by atoms with E-state index in [-0.39, 0.29) is 6.03 Å². The van der Waals surface area contributed by atoms with Crippen LogP contribution in [0.4, 0.5) is 4.79 Å². The highest BCUT2D eigenvalue weighted by atomic mass is 32.2. The fourth-order valence-electron chi connectivity index (χ4n) is 1.44. The van der Waals surface area contributed by atoms with Gasteiger partial charge in [-0.15, -0.1) is 0 Å². The highest BCUT2D eigenvalue weighted by Gasteiger charge is 2.24. The van der Waals surface area contributed by atoms with Crippen LogP contribution in [0.2, 0.25) is 0 Å². The van der Waals surface area contributed by atoms with Crippen molar-refractivity contribution in [2.24, 2.45) is 5.84 Å². The van der Waals surface area contributed by atoms with Crippen molar-refractivity contribution in [1.82, 2.24) is 10.3 Å². The molecule has 0 spiro atoms. The van der Waals surface area contributed by atoms with Crippen LogP contribution in [0.5, 0.6) is 0 Å². The lowest BCUT2D eigenvalue weighted by molar-refractivity contribution is 0.191. The van der Waals surface area contributed by atoms with Crippen molar-refractivity contribution in [2.45, 2.75) is 31.1 Å². The summed E-state index contributed by atoms with van der Waals surface area (Å²) in [6.45, 7) is 2.23. The third kappa shape index (κ3) is 2.77. The van der Waals surface area contributed by atoms with E-state index < -0.39 is 0 Å². The molecule has 13 heavy (non-hydrogen) atoms. The molecule has 1 aliphatic rings. The van der Waals surface area contributed by atoms with E-state index in [9.17, 15) is 4.79 Å². The van der Waals surface area contributed by atoms with Gasteiger partial charge in [-0.3, -0.25) is 5.43 Å². The molecule has 2 unspecified atom stereocenters. The Morgan fingerprint density at radius 2 is 2.31 bits per heavy atom. The van der Waals surface area contributed by atoms with Crippen molar-refractivity contribution < 1.29 is 4.79 Å². The summed E-state index contributed by atoms with van der Waals surface area (Å²) in [7, 11) is 1.80. The lowest BCUT2D eigenvalue weighted by atomic mass is 10.1. The van der Waals surface area contributed by atoms with Gasteiger partial charge < -0.3 is 4.90 Å². The van der Waals surface area contributed by atoms with Gasteiger partial charge in [0.05, 0.1) is 0 Å². The molecule has 0 aromatic rings. The molecule has 0 aromatic heterocycles. The van der Waals surface area contributed by atoms with Gasteiger partial charge in [0.15, 0.2) is 0 Å². The minimum atomic E-state index is -0.194. The van der Waals surface area contributed by atoms with Gasteiger partial charge in [0.25, 0.3) is 0 Å². The lowest BCUT2D eigenvalue weighted by Gasteiger charge is -2.32. The summed E-state index contributed by atoms with van der Waals surface area (Å²) in [6.07, 6.45) is 2.26. The molecule has 2 atom stereocenters. The van der Waals surface area contributed by atoms with Crippen LogP contribution in [0.3, 0.4) is 0 Å². The Balaban J connectivity index is 2.39. The van der Waals surface area contributed by atoms with Crippen LogP contribution in [-0.2, 0) is 0 Å². The quantitative estimate of drug-likeness (QED) is 0.376. The van der Waals surface area contributed by atoms with Crippen LogP contribution >= 0.6 is 11.8 Å². The maximum absolute atomic E-state index is 11.2. The first kappa shape index (κ1) is 10.7. The molecule has 0 radical (unpaired) electrons. The second-order valence-corrected chi connectivity index (χ2v) is 4.91. The number of carbonyl (C=O) groups is 1. The summed E-state index contributed by atoms with van der Waals surface area (Å²) in [5.74, 6) is 6.08. The Bertz CT molecular complexity index is 180. The summed E-state index contributed by atoms with van der Waals surface area (Å²) < 4.78 is 0. The van der Waals surface area contributed by atoms with Gasteiger partial charge in [-0.2, -0.15) is 11.8 Å². The number of amides is 2. The first-order chi connectivity index (χ1) is 6.15. The monoisotopic (exact) mass is 203 g/mol. The smallest absolute Gasteiger partial charge is 0.323 e. The SMILES string of the molecule is CC1CCC(N(C)C(=O)NN)CS1. The van der Waals surface area contributed by atoms with Crippen molar-refractivity contribution in [1.29, 1.82) is 0 Å². The molecule has 0 saturated carbocycles. The highest BCUT2D eigenvalue weighted by molar-refractivity contribution is 7.99. The molecule has 1 fully saturated rings. The van der Waals surface area contributed by atoms with E-state index in [0.717, 1.165) is 17.4 Å². The van der Waals surface area contributed by atoms with E-state index in [2.05, 4.69) is 12.3 Å². The van der Waals surface area contributed by atoms with Gasteiger partial charge in [0, 0.05) is 24.1 Å². The second-order valence-electron chi connectivity index (χ2n) is 3.44. The Kier molecular flexibility index (Phi) is 3.87. The number of carbonyl (C=O) groups excluding carboxylic acids is 1. The Labute approximate surface area is 83.2 Å². The molecular weight excluding hydrogens is 186 g/mol. The zero-order valence-electron chi connectivity index (χ0n) is 8.12. The topological polar surface area (TPSA) is 58.4 Å². The molecule has 1 aliphatic heterocycles. The number of urea groups is 1. The maximum Gasteiger partial charge on any atom is 0.331 e. The minimum absolute atomic E-state index is 0.194. The van der Waals surface area contributed by atoms with Crippen LogP contribution in [0, 0.1) is 0 Å². The van der Waals surface area contributed by atoms with Gasteiger partial charge in [-0.25, -0.2) is 10.6 Å². The van der Waals surface area contributed by atoms with Gasteiger partial charge in [0.1, 0.15) is 0 Å². The maximum atomic E-state index is 11.2. The fourth-order valence-corrected chi connectivity index (χ4v) is 2.69. The van der Waals surface area contributed by atoms with E-state index in [0.29, 0.717) is 6.04 Å². The predicted molar refractivity (Wildman–Crippen MR) is 55.4 cm³/mol. The van der Waals surface area contributed by atoms with E-state index in [1.54, 1.807) is 11.9 Å². The van der Waals surface area contributed by atoms with Crippen LogP contribution in [-0.4, -0.2) is 35.0 Å². The first-order valence-electron chi connectivity index (χ1n) is 4.50. The normalized spacial score (nSPS) is 28.2. The van der Waals surface area contributed by atoms with Crippen molar-refractivity contribution in [3.63, 3.8) is 0 Å². The largest absolute Gasteiger partial charge is 0.331 e. The molecule has 3 N–H and O–H groups in total. The van der Waals surface area contributed by atoms with Gasteiger partial charge in [-0.05, 0) is 12.8 Å². The number of nitrogens with one attached hydrogen (secondary N) is 1. The summed E-state index contributed by atoms with van der Waals surface area (Å²) in [6, 6.07) is 0.143. The molecule has 1 rings (SSSR count). The second kappa shape index (κ2) is 4.72. The minimum Gasteiger partial charge on any atom is -0.323 e. The van der Waals surface area contributed by atoms with Crippen LogP contribution in [0.15, 0.2) is 0 Å². The average molecular weight is 203 g/mol. The summed E-state index contributed by atoms with van der Waals surface area (Å²) in [5, 5.41) is 0.727. The molecule has 2 amide bonds. The first-order valence-corrected chi connectivity index (χ1v) is 5.55. The average Bonchev–Trinajstić information content (AvgIpc) is 2.17. The lowest BCUT2D eigenvalue weighted by Crippen LogP contribution is -2.48. The summed E-state index contributed by atoms with van der Waals surface area (Å²) in [5.41, 5.74) is 2.15. The number of hydrogen-bond donors (Lipinski definition) is 2. The number of rotatable bonds is 1. The highest BCUT2D eigenvalue weighted by Crippen LogP contribution is 2.27. The standard InChI is InChI=1S/C8H17N3OS/c1-6-3-4-7(5-13-6)11(2)8(12)10-9/h6-7H,3-5,9H2,1-2H3,(H,10,12). The third-order valence-corrected chi connectivity index (χ3v) is 3.85. The van der Waals surface area contributed by atoms with Crippen LogP contribution in [0.1, 0.15) is 19.8 Å². The van der Waals surface area contributed by atoms with Crippen LogP contribution < -0.4 is 11.3 Å². The zero-order chi connectivity index (χ0) is 9.84. The summed E-state index contributed by atoms with van der Waals surface area (Å²) >= 11 is 1.92. The number of nitrogens with two attached hydrogens (primary N) is 1. The molecule has 1 saturated heterocycles. The summed E-state index contributed by atoms with van der Waals surface area (Å²) in [4.78, 5) is 12.9. The van der Waals surface area contributed by atoms with Crippen molar-refractivity contribution in [2.75, 3.05) is 12.8 Å². The number of nitrogens with zero attached hydrogens (tertiary/aromatic N) is 1. The van der Waals surface area contributed by atoms with E-state index in [1.807, 2.05) is 11.8 Å². The molecule has 0 aliphatic carbocycles. The third-order valence-electron chi connectivity index (χ3n) is 2.47. The molecule has 4 nitrogen and oxygen atoms in total. The Hall–Kier alpha value is -0.420. The number of hydrazine groups is 1. The molecule has 1 heterocycles. The Morgan fingerprint density at radius 1 is 1.62 bits per heavy atom. The Morgan fingerprint density at radius 3 is 2.77 bits per heavy atom. The van der Waals surface area contributed by atoms with Crippen LogP contribution in [0.25, 0.3) is 0 Å². The van der Waals surface area contributed by atoms with E-state index >= 15 is 0 Å². The predicted octanol–water partition coefficient (Wildman–Crippen LogP) is 0.786. The van der Waals surface area contributed by atoms with Crippen molar-refractivity contribution in [3.8, 4) is 0 Å². The fraction of sp³-hybridized carbons (Fsp3) is 0.875.